The molecule has 0 aliphatic heterocycles. The van der Waals surface area contributed by atoms with Crippen LogP contribution in [0.4, 0.5) is 5.69 Å². The number of non-ortho nitro benzene ring substituents is 1. The molecule has 6 rings (SSSR count). The summed E-state index contributed by atoms with van der Waals surface area (Å²) in [6.45, 7) is 2.07. The van der Waals surface area contributed by atoms with Gasteiger partial charge in [-0.1, -0.05) is 103 Å². The minimum atomic E-state index is -0.672. The molecule has 6 heteroatoms. The topological polar surface area (TPSA) is 56.0 Å². The van der Waals surface area contributed by atoms with Crippen molar-refractivity contribution in [2.45, 2.75) is 6.92 Å². The second-order valence-corrected chi connectivity index (χ2v) is 12.3. The van der Waals surface area contributed by atoms with E-state index in [4.69, 9.17) is 4.98 Å². The number of nitro benzene ring substituents is 1. The lowest BCUT2D eigenvalue weighted by Crippen LogP contribution is -2.20. The molecule has 0 bridgehead atoms. The van der Waals surface area contributed by atoms with Gasteiger partial charge in [0.05, 0.1) is 15.1 Å². The standard InChI is InChI=1S/C32H23N2O2PS/c1-22-12-18-28(29(20-22)32-33-30-21-24(34(35)36)15-19-31(30)38-32)23-13-16-27(17-14-23)37(25-8-4-2-5-9-25)26-10-6-3-7-11-26/h2-21H,1H3. The van der Waals surface area contributed by atoms with E-state index in [0.29, 0.717) is 5.52 Å². The highest BCUT2D eigenvalue weighted by Gasteiger charge is 2.18. The maximum Gasteiger partial charge on any atom is 0.271 e. The molecule has 38 heavy (non-hydrogen) atoms. The Labute approximate surface area is 226 Å². The summed E-state index contributed by atoms with van der Waals surface area (Å²) in [5.41, 5.74) is 5.10. The lowest BCUT2D eigenvalue weighted by Gasteiger charge is -2.20. The fourth-order valence-electron chi connectivity index (χ4n) is 4.62. The molecule has 0 unspecified atom stereocenters. The Bertz CT molecular complexity index is 1710. The van der Waals surface area contributed by atoms with Crippen molar-refractivity contribution in [3.8, 4) is 21.7 Å². The molecule has 1 heterocycles. The second-order valence-electron chi connectivity index (χ2n) is 9.03. The van der Waals surface area contributed by atoms with Crippen LogP contribution in [0.5, 0.6) is 0 Å². The van der Waals surface area contributed by atoms with Crippen molar-refractivity contribution in [3.05, 3.63) is 137 Å². The fourth-order valence-corrected chi connectivity index (χ4v) is 7.88. The number of nitrogens with zero attached hydrogens (tertiary/aromatic N) is 2. The molecule has 6 aromatic rings. The zero-order valence-corrected chi connectivity index (χ0v) is 22.3. The van der Waals surface area contributed by atoms with Gasteiger partial charge < -0.3 is 0 Å². The first-order chi connectivity index (χ1) is 18.6. The second kappa shape index (κ2) is 10.3. The zero-order chi connectivity index (χ0) is 26.1. The minimum absolute atomic E-state index is 0.0581. The van der Waals surface area contributed by atoms with E-state index >= 15 is 0 Å². The van der Waals surface area contributed by atoms with Crippen LogP contribution in [-0.4, -0.2) is 9.91 Å². The van der Waals surface area contributed by atoms with E-state index in [9.17, 15) is 10.1 Å². The summed E-state index contributed by atoms with van der Waals surface area (Å²) in [4.78, 5) is 15.7. The summed E-state index contributed by atoms with van der Waals surface area (Å²) in [6.07, 6.45) is 0. The van der Waals surface area contributed by atoms with Crippen molar-refractivity contribution in [2.75, 3.05) is 0 Å². The molecule has 1 aromatic heterocycles. The van der Waals surface area contributed by atoms with Gasteiger partial charge in [-0.3, -0.25) is 10.1 Å². The molecule has 0 radical (unpaired) electrons. The van der Waals surface area contributed by atoms with E-state index < -0.39 is 7.92 Å². The van der Waals surface area contributed by atoms with Crippen LogP contribution in [0, 0.1) is 17.0 Å². The van der Waals surface area contributed by atoms with E-state index in [1.165, 1.54) is 22.0 Å². The van der Waals surface area contributed by atoms with E-state index in [0.717, 1.165) is 32.0 Å². The molecule has 0 N–H and O–H groups in total. The Balaban J connectivity index is 1.42. The van der Waals surface area contributed by atoms with Crippen LogP contribution in [0.1, 0.15) is 5.56 Å². The number of nitro groups is 1. The molecular weight excluding hydrogens is 507 g/mol. The number of thiazole rings is 1. The summed E-state index contributed by atoms with van der Waals surface area (Å²) in [6, 6.07) is 41.5. The highest BCUT2D eigenvalue weighted by atomic mass is 32.1. The lowest BCUT2D eigenvalue weighted by atomic mass is 9.98. The first kappa shape index (κ1) is 24.2. The Morgan fingerprint density at radius 2 is 1.34 bits per heavy atom. The summed E-state index contributed by atoms with van der Waals surface area (Å²) in [5.74, 6) is 0. The number of hydrogen-bond donors (Lipinski definition) is 0. The summed E-state index contributed by atoms with van der Waals surface area (Å²) in [7, 11) is -0.672. The Hall–Kier alpha value is -4.18. The number of rotatable bonds is 6. The smallest absolute Gasteiger partial charge is 0.258 e. The van der Waals surface area contributed by atoms with Gasteiger partial charge >= 0.3 is 0 Å². The van der Waals surface area contributed by atoms with Crippen molar-refractivity contribution in [2.24, 2.45) is 0 Å². The zero-order valence-electron chi connectivity index (χ0n) is 20.6. The largest absolute Gasteiger partial charge is 0.271 e. The van der Waals surface area contributed by atoms with E-state index in [1.807, 2.05) is 0 Å². The Kier molecular flexibility index (Phi) is 6.55. The summed E-state index contributed by atoms with van der Waals surface area (Å²) < 4.78 is 0.935. The van der Waals surface area contributed by atoms with Gasteiger partial charge in [0.25, 0.3) is 5.69 Å². The number of hydrogen-bond acceptors (Lipinski definition) is 4. The number of fused-ring (bicyclic) bond motifs is 1. The third kappa shape index (κ3) is 4.74. The minimum Gasteiger partial charge on any atom is -0.258 e. The maximum atomic E-state index is 11.2. The normalized spacial score (nSPS) is 11.2. The van der Waals surface area contributed by atoms with Crippen LogP contribution >= 0.6 is 19.3 Å². The highest BCUT2D eigenvalue weighted by Crippen LogP contribution is 2.39. The molecule has 0 spiro atoms. The average Bonchev–Trinajstić information content (AvgIpc) is 3.38. The fraction of sp³-hybridized carbons (Fsp3) is 0.0312. The molecule has 4 nitrogen and oxygen atoms in total. The predicted molar refractivity (Wildman–Crippen MR) is 161 cm³/mol. The third-order valence-electron chi connectivity index (χ3n) is 6.45. The summed E-state index contributed by atoms with van der Waals surface area (Å²) >= 11 is 1.56. The number of aromatic nitrogens is 1. The van der Waals surface area contributed by atoms with Gasteiger partial charge in [-0.25, -0.2) is 4.98 Å². The SMILES string of the molecule is Cc1ccc(-c2ccc(P(c3ccccc3)c3ccccc3)cc2)c(-c2nc3cc([N+](=O)[O-])ccc3s2)c1. The lowest BCUT2D eigenvalue weighted by molar-refractivity contribution is -0.384. The van der Waals surface area contributed by atoms with Gasteiger partial charge in [0.15, 0.2) is 0 Å². The van der Waals surface area contributed by atoms with Crippen LogP contribution < -0.4 is 15.9 Å². The van der Waals surface area contributed by atoms with Crippen molar-refractivity contribution in [1.82, 2.24) is 4.98 Å². The Morgan fingerprint density at radius 1 is 0.711 bits per heavy atom. The maximum absolute atomic E-state index is 11.2. The van der Waals surface area contributed by atoms with Crippen molar-refractivity contribution >= 4 is 51.1 Å². The number of aryl methyl sites for hydroxylation is 1. The quantitative estimate of drug-likeness (QED) is 0.127. The van der Waals surface area contributed by atoms with Gasteiger partial charge in [0.1, 0.15) is 5.01 Å². The molecule has 0 atom stereocenters. The van der Waals surface area contributed by atoms with Crippen LogP contribution in [0.15, 0.2) is 121 Å². The van der Waals surface area contributed by atoms with Crippen molar-refractivity contribution < 1.29 is 4.92 Å². The van der Waals surface area contributed by atoms with E-state index in [-0.39, 0.29) is 10.6 Å². The van der Waals surface area contributed by atoms with Crippen LogP contribution in [0.2, 0.25) is 0 Å². The third-order valence-corrected chi connectivity index (χ3v) is 9.97. The van der Waals surface area contributed by atoms with Gasteiger partial charge in [-0.2, -0.15) is 0 Å². The molecule has 0 fully saturated rings. The van der Waals surface area contributed by atoms with Crippen molar-refractivity contribution in [3.63, 3.8) is 0 Å². The predicted octanol–water partition coefficient (Wildman–Crippen LogP) is 7.61. The first-order valence-corrected chi connectivity index (χ1v) is 14.4. The molecule has 184 valence electrons. The van der Waals surface area contributed by atoms with Gasteiger partial charge in [-0.15, -0.1) is 11.3 Å². The van der Waals surface area contributed by atoms with E-state index in [1.54, 1.807) is 23.5 Å². The molecule has 0 aliphatic rings. The molecule has 5 aromatic carbocycles. The molecule has 0 aliphatic carbocycles. The number of benzene rings is 5. The van der Waals surface area contributed by atoms with Crippen LogP contribution in [0.25, 0.3) is 31.9 Å². The molecular formula is C32H23N2O2PS. The van der Waals surface area contributed by atoms with Gasteiger partial charge in [-0.05, 0) is 54.0 Å². The molecule has 0 saturated heterocycles. The average molecular weight is 531 g/mol. The van der Waals surface area contributed by atoms with Crippen LogP contribution in [0.3, 0.4) is 0 Å². The summed E-state index contributed by atoms with van der Waals surface area (Å²) in [5, 5.41) is 16.0. The van der Waals surface area contributed by atoms with Gasteiger partial charge in [0.2, 0.25) is 0 Å². The van der Waals surface area contributed by atoms with Gasteiger partial charge in [0, 0.05) is 17.7 Å². The monoisotopic (exact) mass is 530 g/mol. The first-order valence-electron chi connectivity index (χ1n) is 12.2. The highest BCUT2D eigenvalue weighted by molar-refractivity contribution is 7.79. The molecule has 0 amide bonds. The molecule has 0 saturated carbocycles. The van der Waals surface area contributed by atoms with Crippen LogP contribution in [-0.2, 0) is 0 Å². The van der Waals surface area contributed by atoms with Crippen molar-refractivity contribution in [1.29, 1.82) is 0 Å². The Morgan fingerprint density at radius 3 is 1.97 bits per heavy atom. The van der Waals surface area contributed by atoms with E-state index in [2.05, 4.69) is 110 Å².